The zero-order valence-corrected chi connectivity index (χ0v) is 11.9. The number of aromatic nitrogens is 1. The lowest BCUT2D eigenvalue weighted by molar-refractivity contribution is 0.0892. The molecule has 0 unspecified atom stereocenters. The maximum absolute atomic E-state index is 12.1. The van der Waals surface area contributed by atoms with Crippen LogP contribution in [0.4, 0.5) is 0 Å². The number of amides is 1. The quantitative estimate of drug-likeness (QED) is 0.918. The Hall–Kier alpha value is -1.42. The number of piperidine rings is 1. The van der Waals surface area contributed by atoms with E-state index in [1.54, 1.807) is 18.5 Å². The van der Waals surface area contributed by atoms with Crippen LogP contribution in [-0.4, -0.2) is 41.0 Å². The molecule has 2 fully saturated rings. The van der Waals surface area contributed by atoms with Gasteiger partial charge in [-0.1, -0.05) is 12.8 Å². The van der Waals surface area contributed by atoms with E-state index in [4.69, 9.17) is 0 Å². The Kier molecular flexibility index (Phi) is 4.31. The van der Waals surface area contributed by atoms with Crippen LogP contribution in [0.2, 0.25) is 0 Å². The average molecular weight is 273 g/mol. The number of pyridine rings is 1. The molecule has 1 saturated carbocycles. The maximum Gasteiger partial charge on any atom is 0.253 e. The molecule has 1 aromatic rings. The summed E-state index contributed by atoms with van der Waals surface area (Å²) in [7, 11) is 0. The van der Waals surface area contributed by atoms with Crippen LogP contribution in [0.25, 0.3) is 0 Å². The molecule has 1 aliphatic heterocycles. The maximum atomic E-state index is 12.1. The van der Waals surface area contributed by atoms with Gasteiger partial charge in [0.05, 0.1) is 5.56 Å². The summed E-state index contributed by atoms with van der Waals surface area (Å²) in [5.74, 6) is 0.0115. The highest BCUT2D eigenvalue weighted by Gasteiger charge is 2.27. The molecule has 0 bridgehead atoms. The molecule has 4 nitrogen and oxygen atoms in total. The van der Waals surface area contributed by atoms with Crippen LogP contribution in [0.3, 0.4) is 0 Å². The molecule has 1 saturated heterocycles. The van der Waals surface area contributed by atoms with Crippen molar-refractivity contribution < 1.29 is 4.79 Å². The fourth-order valence-corrected chi connectivity index (χ4v) is 3.44. The molecule has 0 aromatic carbocycles. The van der Waals surface area contributed by atoms with Crippen LogP contribution in [0.15, 0.2) is 24.5 Å². The van der Waals surface area contributed by atoms with Crippen molar-refractivity contribution in [3.63, 3.8) is 0 Å². The van der Waals surface area contributed by atoms with Crippen LogP contribution in [0.1, 0.15) is 48.9 Å². The number of rotatable bonds is 3. The number of likely N-dealkylation sites (tertiary alicyclic amines) is 1. The van der Waals surface area contributed by atoms with E-state index in [1.807, 2.05) is 6.07 Å². The Morgan fingerprint density at radius 1 is 1.20 bits per heavy atom. The van der Waals surface area contributed by atoms with E-state index in [9.17, 15) is 4.79 Å². The lowest BCUT2D eigenvalue weighted by Crippen LogP contribution is -2.47. The Morgan fingerprint density at radius 2 is 1.95 bits per heavy atom. The van der Waals surface area contributed by atoms with E-state index in [2.05, 4.69) is 15.2 Å². The van der Waals surface area contributed by atoms with Gasteiger partial charge in [-0.2, -0.15) is 0 Å². The number of nitrogens with one attached hydrogen (secondary N) is 1. The Balaban J connectivity index is 1.47. The van der Waals surface area contributed by atoms with E-state index < -0.39 is 0 Å². The molecule has 2 heterocycles. The van der Waals surface area contributed by atoms with Crippen LogP contribution in [0.5, 0.6) is 0 Å². The number of carbonyl (C=O) groups is 1. The molecule has 20 heavy (non-hydrogen) atoms. The highest BCUT2D eigenvalue weighted by atomic mass is 16.1. The van der Waals surface area contributed by atoms with Gasteiger partial charge in [-0.15, -0.1) is 0 Å². The van der Waals surface area contributed by atoms with Crippen LogP contribution >= 0.6 is 0 Å². The van der Waals surface area contributed by atoms with Gasteiger partial charge in [-0.05, 0) is 37.8 Å². The minimum absolute atomic E-state index is 0.0115. The zero-order chi connectivity index (χ0) is 13.8. The normalized spacial score (nSPS) is 22.0. The van der Waals surface area contributed by atoms with Gasteiger partial charge in [0.25, 0.3) is 5.91 Å². The van der Waals surface area contributed by atoms with Gasteiger partial charge in [0, 0.05) is 37.6 Å². The smallest absolute Gasteiger partial charge is 0.253 e. The highest BCUT2D eigenvalue weighted by Crippen LogP contribution is 2.26. The summed E-state index contributed by atoms with van der Waals surface area (Å²) in [6.45, 7) is 2.26. The SMILES string of the molecule is O=C(NC1CCN(C2CCCC2)CC1)c1cccnc1. The summed E-state index contributed by atoms with van der Waals surface area (Å²) in [5.41, 5.74) is 0.658. The Morgan fingerprint density at radius 3 is 2.60 bits per heavy atom. The predicted molar refractivity (Wildman–Crippen MR) is 78.6 cm³/mol. The first-order valence-electron chi connectivity index (χ1n) is 7.78. The monoisotopic (exact) mass is 273 g/mol. The van der Waals surface area contributed by atoms with Crippen molar-refractivity contribution >= 4 is 5.91 Å². The predicted octanol–water partition coefficient (Wildman–Crippen LogP) is 2.22. The topological polar surface area (TPSA) is 45.2 Å². The first kappa shape index (κ1) is 13.6. The van der Waals surface area contributed by atoms with Crippen molar-refractivity contribution in [3.05, 3.63) is 30.1 Å². The summed E-state index contributed by atoms with van der Waals surface area (Å²) in [6.07, 6.45) is 11.0. The third-order valence-corrected chi connectivity index (χ3v) is 4.63. The second kappa shape index (κ2) is 6.35. The van der Waals surface area contributed by atoms with Crippen molar-refractivity contribution in [2.75, 3.05) is 13.1 Å². The van der Waals surface area contributed by atoms with Gasteiger partial charge in [0.15, 0.2) is 0 Å². The number of nitrogens with zero attached hydrogens (tertiary/aromatic N) is 2. The van der Waals surface area contributed by atoms with Crippen LogP contribution in [-0.2, 0) is 0 Å². The minimum atomic E-state index is 0.0115. The van der Waals surface area contributed by atoms with E-state index in [1.165, 1.54) is 25.7 Å². The summed E-state index contributed by atoms with van der Waals surface area (Å²) in [4.78, 5) is 18.7. The molecule has 0 atom stereocenters. The second-order valence-electron chi connectivity index (χ2n) is 5.96. The highest BCUT2D eigenvalue weighted by molar-refractivity contribution is 5.93. The van der Waals surface area contributed by atoms with Crippen LogP contribution in [0, 0.1) is 0 Å². The molecule has 0 spiro atoms. The number of hydrogen-bond donors (Lipinski definition) is 1. The first-order valence-corrected chi connectivity index (χ1v) is 7.78. The molecule has 3 rings (SSSR count). The summed E-state index contributed by atoms with van der Waals surface area (Å²) in [6, 6.07) is 4.75. The molecule has 4 heteroatoms. The van der Waals surface area contributed by atoms with E-state index in [0.29, 0.717) is 11.6 Å². The van der Waals surface area contributed by atoms with Crippen molar-refractivity contribution in [2.45, 2.75) is 50.6 Å². The van der Waals surface area contributed by atoms with Gasteiger partial charge >= 0.3 is 0 Å². The molecule has 2 aliphatic rings. The zero-order valence-electron chi connectivity index (χ0n) is 11.9. The van der Waals surface area contributed by atoms with Gasteiger partial charge in [-0.25, -0.2) is 0 Å². The molecule has 1 N–H and O–H groups in total. The molecule has 1 aliphatic carbocycles. The summed E-state index contributed by atoms with van der Waals surface area (Å²) in [5, 5.41) is 3.14. The largest absolute Gasteiger partial charge is 0.349 e. The number of hydrogen-bond acceptors (Lipinski definition) is 3. The van der Waals surface area contributed by atoms with Crippen molar-refractivity contribution in [2.24, 2.45) is 0 Å². The molecular weight excluding hydrogens is 250 g/mol. The summed E-state index contributed by atoms with van der Waals surface area (Å²) < 4.78 is 0. The Labute approximate surface area is 120 Å². The van der Waals surface area contributed by atoms with Crippen molar-refractivity contribution in [1.29, 1.82) is 0 Å². The third-order valence-electron chi connectivity index (χ3n) is 4.63. The van der Waals surface area contributed by atoms with E-state index in [-0.39, 0.29) is 5.91 Å². The molecule has 108 valence electrons. The lowest BCUT2D eigenvalue weighted by atomic mass is 10.0. The summed E-state index contributed by atoms with van der Waals surface area (Å²) >= 11 is 0. The molecule has 1 aromatic heterocycles. The molecular formula is C16H23N3O. The lowest BCUT2D eigenvalue weighted by Gasteiger charge is -2.36. The third kappa shape index (κ3) is 3.18. The van der Waals surface area contributed by atoms with E-state index in [0.717, 1.165) is 32.0 Å². The first-order chi connectivity index (χ1) is 9.83. The molecule has 1 amide bonds. The number of carbonyl (C=O) groups excluding carboxylic acids is 1. The minimum Gasteiger partial charge on any atom is -0.349 e. The van der Waals surface area contributed by atoms with Gasteiger partial charge in [0.2, 0.25) is 0 Å². The fraction of sp³-hybridized carbons (Fsp3) is 0.625. The average Bonchev–Trinajstić information content (AvgIpc) is 3.03. The van der Waals surface area contributed by atoms with Gasteiger partial charge in [0.1, 0.15) is 0 Å². The van der Waals surface area contributed by atoms with E-state index >= 15 is 0 Å². The van der Waals surface area contributed by atoms with Crippen molar-refractivity contribution in [1.82, 2.24) is 15.2 Å². The molecule has 0 radical (unpaired) electrons. The van der Waals surface area contributed by atoms with Crippen molar-refractivity contribution in [3.8, 4) is 0 Å². The van der Waals surface area contributed by atoms with Gasteiger partial charge in [-0.3, -0.25) is 9.78 Å². The van der Waals surface area contributed by atoms with Crippen LogP contribution < -0.4 is 5.32 Å². The van der Waals surface area contributed by atoms with Gasteiger partial charge < -0.3 is 10.2 Å². The Bertz CT molecular complexity index is 434. The standard InChI is InChI=1S/C16H23N3O/c20-16(13-4-3-9-17-12-13)18-14-7-10-19(11-8-14)15-5-1-2-6-15/h3-4,9,12,14-15H,1-2,5-8,10-11H2,(H,18,20). The fourth-order valence-electron chi connectivity index (χ4n) is 3.44. The second-order valence-corrected chi connectivity index (χ2v) is 5.96.